The maximum absolute atomic E-state index is 12.3. The molecule has 106 valence electrons. The molecule has 1 amide bonds. The van der Waals surface area contributed by atoms with Crippen LogP contribution >= 0.6 is 0 Å². The molecule has 0 saturated carbocycles. The van der Waals surface area contributed by atoms with E-state index in [1.165, 1.54) is 6.20 Å². The highest BCUT2D eigenvalue weighted by Crippen LogP contribution is 2.07. The predicted molar refractivity (Wildman–Crippen MR) is 79.3 cm³/mol. The lowest BCUT2D eigenvalue weighted by Crippen LogP contribution is -2.30. The minimum Gasteiger partial charge on any atom is -0.469 e. The van der Waals surface area contributed by atoms with E-state index in [1.54, 1.807) is 30.5 Å². The Morgan fingerprint density at radius 1 is 1.19 bits per heavy atom. The van der Waals surface area contributed by atoms with Gasteiger partial charge < -0.3 is 14.7 Å². The molecule has 0 radical (unpaired) electrons. The predicted octanol–water partition coefficient (Wildman–Crippen LogP) is 2.09. The fourth-order valence-corrected chi connectivity index (χ4v) is 2.19. The molecule has 2 aromatic heterocycles. The molecule has 0 bridgehead atoms. The summed E-state index contributed by atoms with van der Waals surface area (Å²) in [5, 5.41) is 3.23. The zero-order chi connectivity index (χ0) is 14.7. The van der Waals surface area contributed by atoms with E-state index in [4.69, 9.17) is 4.42 Å². The number of nitrogens with one attached hydrogen (secondary N) is 2. The molecule has 2 N–H and O–H groups in total. The molecular formula is C16H14N2O3. The van der Waals surface area contributed by atoms with Crippen LogP contribution < -0.4 is 10.7 Å². The Morgan fingerprint density at radius 2 is 2.05 bits per heavy atom. The molecule has 0 spiro atoms. The summed E-state index contributed by atoms with van der Waals surface area (Å²) in [6.45, 7) is 0.415. The largest absolute Gasteiger partial charge is 0.469 e. The summed E-state index contributed by atoms with van der Waals surface area (Å²) in [7, 11) is 0. The van der Waals surface area contributed by atoms with Gasteiger partial charge in [0.15, 0.2) is 0 Å². The molecule has 0 aliphatic rings. The minimum atomic E-state index is -0.381. The van der Waals surface area contributed by atoms with Gasteiger partial charge >= 0.3 is 0 Å². The number of hydrogen-bond donors (Lipinski definition) is 2. The first kappa shape index (κ1) is 13.2. The second-order valence-corrected chi connectivity index (χ2v) is 4.66. The average molecular weight is 282 g/mol. The van der Waals surface area contributed by atoms with Crippen molar-refractivity contribution in [3.63, 3.8) is 0 Å². The second kappa shape index (κ2) is 5.66. The van der Waals surface area contributed by atoms with Crippen LogP contribution in [0.5, 0.6) is 0 Å². The van der Waals surface area contributed by atoms with E-state index in [1.807, 2.05) is 12.1 Å². The van der Waals surface area contributed by atoms with Crippen LogP contribution in [0, 0.1) is 0 Å². The molecule has 5 nitrogen and oxygen atoms in total. The highest BCUT2D eigenvalue weighted by molar-refractivity contribution is 5.97. The minimum absolute atomic E-state index is 0.119. The van der Waals surface area contributed by atoms with Crippen LogP contribution in [0.1, 0.15) is 16.1 Å². The van der Waals surface area contributed by atoms with Gasteiger partial charge in [0, 0.05) is 30.1 Å². The molecule has 0 aliphatic carbocycles. The number of pyridine rings is 1. The smallest absolute Gasteiger partial charge is 0.256 e. The number of carbonyl (C=O) groups excluding carboxylic acids is 1. The van der Waals surface area contributed by atoms with Gasteiger partial charge in [-0.05, 0) is 24.3 Å². The van der Waals surface area contributed by atoms with Crippen LogP contribution in [-0.4, -0.2) is 17.4 Å². The van der Waals surface area contributed by atoms with Crippen LogP contribution in [0.15, 0.2) is 58.1 Å². The number of hydrogen-bond acceptors (Lipinski definition) is 3. The van der Waals surface area contributed by atoms with E-state index in [9.17, 15) is 9.59 Å². The standard InChI is InChI=1S/C16H14N2O3/c19-15-12-5-1-2-6-14(12)18-10-13(15)16(20)17-8-7-11-4-3-9-21-11/h1-6,9-10H,7-8H2,(H,17,20)(H,18,19). The Labute approximate surface area is 120 Å². The van der Waals surface area contributed by atoms with Crippen LogP contribution in [0.4, 0.5) is 0 Å². The molecule has 21 heavy (non-hydrogen) atoms. The first-order valence-corrected chi connectivity index (χ1v) is 6.67. The molecule has 0 saturated heterocycles. The van der Waals surface area contributed by atoms with E-state index < -0.39 is 0 Å². The fraction of sp³-hybridized carbons (Fsp3) is 0.125. The van der Waals surface area contributed by atoms with Crippen molar-refractivity contribution in [2.75, 3.05) is 6.54 Å². The summed E-state index contributed by atoms with van der Waals surface area (Å²) in [4.78, 5) is 27.3. The number of furan rings is 1. The number of rotatable bonds is 4. The van der Waals surface area contributed by atoms with Crippen molar-refractivity contribution in [2.24, 2.45) is 0 Å². The highest BCUT2D eigenvalue weighted by atomic mass is 16.3. The van der Waals surface area contributed by atoms with Gasteiger partial charge in [0.1, 0.15) is 11.3 Å². The lowest BCUT2D eigenvalue weighted by atomic mass is 10.1. The Hall–Kier alpha value is -2.82. The van der Waals surface area contributed by atoms with E-state index >= 15 is 0 Å². The van der Waals surface area contributed by atoms with Crippen LogP contribution in [0.3, 0.4) is 0 Å². The number of para-hydroxylation sites is 1. The second-order valence-electron chi connectivity index (χ2n) is 4.66. The number of aromatic nitrogens is 1. The number of aromatic amines is 1. The third kappa shape index (κ3) is 2.72. The summed E-state index contributed by atoms with van der Waals surface area (Å²) in [5.74, 6) is 0.413. The van der Waals surface area contributed by atoms with Gasteiger partial charge in [-0.25, -0.2) is 0 Å². The topological polar surface area (TPSA) is 75.1 Å². The third-order valence-electron chi connectivity index (χ3n) is 3.27. The summed E-state index contributed by atoms with van der Waals surface area (Å²) in [6.07, 6.45) is 3.63. The molecule has 2 heterocycles. The van der Waals surface area contributed by atoms with Crippen molar-refractivity contribution in [3.05, 3.63) is 70.4 Å². The van der Waals surface area contributed by atoms with Gasteiger partial charge in [-0.2, -0.15) is 0 Å². The van der Waals surface area contributed by atoms with Gasteiger partial charge in [-0.3, -0.25) is 9.59 Å². The number of carbonyl (C=O) groups is 1. The molecule has 5 heteroatoms. The van der Waals surface area contributed by atoms with Crippen molar-refractivity contribution in [1.29, 1.82) is 0 Å². The summed E-state index contributed by atoms with van der Waals surface area (Å²) >= 11 is 0. The monoisotopic (exact) mass is 282 g/mol. The fourth-order valence-electron chi connectivity index (χ4n) is 2.19. The number of amides is 1. The molecule has 0 atom stereocenters. The summed E-state index contributed by atoms with van der Waals surface area (Å²) in [5.41, 5.74) is 0.572. The van der Waals surface area contributed by atoms with Crippen LogP contribution in [0.2, 0.25) is 0 Å². The Morgan fingerprint density at radius 3 is 2.86 bits per heavy atom. The average Bonchev–Trinajstić information content (AvgIpc) is 3.01. The van der Waals surface area contributed by atoms with E-state index in [0.29, 0.717) is 18.4 Å². The van der Waals surface area contributed by atoms with Gasteiger partial charge in [0.05, 0.1) is 6.26 Å². The molecule has 1 aromatic carbocycles. The van der Waals surface area contributed by atoms with E-state index in [0.717, 1.165) is 11.3 Å². The molecule has 3 rings (SSSR count). The Kier molecular flexibility index (Phi) is 3.55. The summed E-state index contributed by atoms with van der Waals surface area (Å²) in [6, 6.07) is 10.8. The number of fused-ring (bicyclic) bond motifs is 1. The molecule has 0 fully saturated rings. The zero-order valence-corrected chi connectivity index (χ0v) is 11.3. The van der Waals surface area contributed by atoms with Gasteiger partial charge in [-0.15, -0.1) is 0 Å². The van der Waals surface area contributed by atoms with Crippen molar-refractivity contribution in [2.45, 2.75) is 6.42 Å². The van der Waals surface area contributed by atoms with E-state index in [2.05, 4.69) is 10.3 Å². The lowest BCUT2D eigenvalue weighted by Gasteiger charge is -2.05. The first-order valence-electron chi connectivity index (χ1n) is 6.67. The molecule has 3 aromatic rings. The van der Waals surface area contributed by atoms with E-state index in [-0.39, 0.29) is 16.9 Å². The third-order valence-corrected chi connectivity index (χ3v) is 3.27. The normalized spacial score (nSPS) is 10.7. The lowest BCUT2D eigenvalue weighted by molar-refractivity contribution is 0.0952. The van der Waals surface area contributed by atoms with Crippen molar-refractivity contribution in [3.8, 4) is 0 Å². The van der Waals surface area contributed by atoms with Gasteiger partial charge in [0.25, 0.3) is 5.91 Å². The van der Waals surface area contributed by atoms with Crippen LogP contribution in [-0.2, 0) is 6.42 Å². The van der Waals surface area contributed by atoms with Crippen molar-refractivity contribution >= 4 is 16.8 Å². The SMILES string of the molecule is O=C(NCCc1ccco1)c1c[nH]c2ccccc2c1=O. The van der Waals surface area contributed by atoms with Gasteiger partial charge in [-0.1, -0.05) is 12.1 Å². The Balaban J connectivity index is 1.75. The molecular weight excluding hydrogens is 268 g/mol. The van der Waals surface area contributed by atoms with Crippen molar-refractivity contribution in [1.82, 2.24) is 10.3 Å². The van der Waals surface area contributed by atoms with Crippen LogP contribution in [0.25, 0.3) is 10.9 Å². The first-order chi connectivity index (χ1) is 10.3. The number of benzene rings is 1. The highest BCUT2D eigenvalue weighted by Gasteiger charge is 2.12. The summed E-state index contributed by atoms with van der Waals surface area (Å²) < 4.78 is 5.18. The maximum atomic E-state index is 12.3. The van der Waals surface area contributed by atoms with Crippen molar-refractivity contribution < 1.29 is 9.21 Å². The zero-order valence-electron chi connectivity index (χ0n) is 11.3. The Bertz CT molecular complexity index is 819. The maximum Gasteiger partial charge on any atom is 0.256 e. The quantitative estimate of drug-likeness (QED) is 0.769. The number of H-pyrrole nitrogens is 1. The molecule has 0 aliphatic heterocycles. The molecule has 0 unspecified atom stereocenters. The van der Waals surface area contributed by atoms with Gasteiger partial charge in [0.2, 0.25) is 5.43 Å².